The molecule has 0 aliphatic heterocycles. The average molecular weight is 483 g/mol. The maximum Gasteiger partial charge on any atom is 0.296 e. The summed E-state index contributed by atoms with van der Waals surface area (Å²) >= 11 is 0. The van der Waals surface area contributed by atoms with E-state index in [2.05, 4.69) is 0 Å². The lowest BCUT2D eigenvalue weighted by molar-refractivity contribution is 0.302. The SMILES string of the molecule is Cc1ccc(S(=O)(=O)OCCCCCCCCCCOS(=O)(=O)c2ccc(C)cc2)cc1. The Kier molecular flexibility index (Phi) is 10.8. The van der Waals surface area contributed by atoms with Crippen LogP contribution in [0.3, 0.4) is 0 Å². The van der Waals surface area contributed by atoms with Gasteiger partial charge >= 0.3 is 0 Å². The van der Waals surface area contributed by atoms with Gasteiger partial charge in [0.05, 0.1) is 23.0 Å². The maximum absolute atomic E-state index is 12.1. The molecule has 0 saturated heterocycles. The molecule has 0 saturated carbocycles. The van der Waals surface area contributed by atoms with Crippen LogP contribution < -0.4 is 0 Å². The lowest BCUT2D eigenvalue weighted by Gasteiger charge is -2.07. The quantitative estimate of drug-likeness (QED) is 0.245. The van der Waals surface area contributed by atoms with E-state index in [0.717, 1.165) is 49.7 Å². The summed E-state index contributed by atoms with van der Waals surface area (Å²) < 4.78 is 58.6. The van der Waals surface area contributed by atoms with E-state index in [1.165, 1.54) is 0 Å². The van der Waals surface area contributed by atoms with E-state index in [4.69, 9.17) is 8.37 Å². The molecule has 0 N–H and O–H groups in total. The van der Waals surface area contributed by atoms with Gasteiger partial charge in [0.25, 0.3) is 20.2 Å². The molecular formula is C24H34O6S2. The van der Waals surface area contributed by atoms with Gasteiger partial charge in [0.2, 0.25) is 0 Å². The van der Waals surface area contributed by atoms with Gasteiger partial charge in [-0.3, -0.25) is 8.37 Å². The highest BCUT2D eigenvalue weighted by Crippen LogP contribution is 2.16. The van der Waals surface area contributed by atoms with Crippen molar-refractivity contribution in [2.75, 3.05) is 13.2 Å². The largest absolute Gasteiger partial charge is 0.296 e. The van der Waals surface area contributed by atoms with Crippen molar-refractivity contribution in [1.29, 1.82) is 0 Å². The lowest BCUT2D eigenvalue weighted by Crippen LogP contribution is -2.07. The molecule has 2 aromatic rings. The first-order chi connectivity index (χ1) is 15.2. The van der Waals surface area contributed by atoms with Crippen molar-refractivity contribution in [2.45, 2.75) is 75.0 Å². The fraction of sp³-hybridized carbons (Fsp3) is 0.500. The summed E-state index contributed by atoms with van der Waals surface area (Å²) in [5.74, 6) is 0. The van der Waals surface area contributed by atoms with Crippen LogP contribution in [0.15, 0.2) is 58.3 Å². The molecule has 178 valence electrons. The third-order valence-corrected chi connectivity index (χ3v) is 7.79. The topological polar surface area (TPSA) is 86.7 Å². The molecule has 2 aromatic carbocycles. The van der Waals surface area contributed by atoms with Gasteiger partial charge in [0.15, 0.2) is 0 Å². The van der Waals surface area contributed by atoms with E-state index in [1.54, 1.807) is 48.5 Å². The van der Waals surface area contributed by atoms with Gasteiger partial charge in [-0.05, 0) is 51.0 Å². The molecule has 0 heterocycles. The fourth-order valence-corrected chi connectivity index (χ4v) is 5.03. The number of hydrogen-bond donors (Lipinski definition) is 0. The Morgan fingerprint density at radius 2 is 0.781 bits per heavy atom. The van der Waals surface area contributed by atoms with E-state index in [-0.39, 0.29) is 23.0 Å². The number of rotatable bonds is 15. The molecule has 0 radical (unpaired) electrons. The Morgan fingerprint density at radius 3 is 1.09 bits per heavy atom. The van der Waals surface area contributed by atoms with Crippen molar-refractivity contribution in [2.24, 2.45) is 0 Å². The standard InChI is InChI=1S/C24H34O6S2/c1-21-11-15-23(16-12-21)31(25,26)29-19-9-7-5-3-4-6-8-10-20-30-32(27,28)24-17-13-22(2)14-18-24/h11-18H,3-10,19-20H2,1-2H3. The summed E-state index contributed by atoms with van der Waals surface area (Å²) in [7, 11) is -7.34. The van der Waals surface area contributed by atoms with Crippen LogP contribution in [0, 0.1) is 13.8 Å². The number of benzene rings is 2. The zero-order chi connectivity index (χ0) is 23.5. The molecule has 32 heavy (non-hydrogen) atoms. The van der Waals surface area contributed by atoms with Crippen molar-refractivity contribution in [1.82, 2.24) is 0 Å². The summed E-state index contributed by atoms with van der Waals surface area (Å²) in [5.41, 5.74) is 2.01. The van der Waals surface area contributed by atoms with Gasteiger partial charge in [-0.25, -0.2) is 0 Å². The molecular weight excluding hydrogens is 448 g/mol. The van der Waals surface area contributed by atoms with Crippen LogP contribution >= 0.6 is 0 Å². The summed E-state index contributed by atoms with van der Waals surface area (Å²) in [6, 6.07) is 13.3. The highest BCUT2D eigenvalue weighted by atomic mass is 32.2. The zero-order valence-electron chi connectivity index (χ0n) is 19.0. The van der Waals surface area contributed by atoms with Crippen molar-refractivity contribution in [3.63, 3.8) is 0 Å². The van der Waals surface area contributed by atoms with Gasteiger partial charge in [-0.15, -0.1) is 0 Å². The monoisotopic (exact) mass is 482 g/mol. The van der Waals surface area contributed by atoms with Crippen molar-refractivity contribution in [3.8, 4) is 0 Å². The molecule has 8 heteroatoms. The normalized spacial score (nSPS) is 12.2. The Hall–Kier alpha value is -1.74. The van der Waals surface area contributed by atoms with Crippen molar-refractivity contribution < 1.29 is 25.2 Å². The average Bonchev–Trinajstić information content (AvgIpc) is 2.75. The first kappa shape index (κ1) is 26.5. The Morgan fingerprint density at radius 1 is 0.500 bits per heavy atom. The predicted molar refractivity (Wildman–Crippen MR) is 126 cm³/mol. The predicted octanol–water partition coefficient (Wildman–Crippen LogP) is 5.54. The highest BCUT2D eigenvalue weighted by Gasteiger charge is 2.15. The Labute approximate surface area is 193 Å². The van der Waals surface area contributed by atoms with Crippen LogP contribution in [-0.4, -0.2) is 30.0 Å². The first-order valence-corrected chi connectivity index (χ1v) is 13.9. The minimum atomic E-state index is -3.67. The van der Waals surface area contributed by atoms with E-state index in [9.17, 15) is 16.8 Å². The van der Waals surface area contributed by atoms with E-state index < -0.39 is 20.2 Å². The van der Waals surface area contributed by atoms with E-state index in [0.29, 0.717) is 12.8 Å². The van der Waals surface area contributed by atoms with Crippen LogP contribution in [0.1, 0.15) is 62.5 Å². The van der Waals surface area contributed by atoms with Crippen LogP contribution in [0.2, 0.25) is 0 Å². The van der Waals surface area contributed by atoms with E-state index in [1.807, 2.05) is 13.8 Å². The number of aryl methyl sites for hydroxylation is 2. The molecule has 0 fully saturated rings. The minimum Gasteiger partial charge on any atom is -0.266 e. The summed E-state index contributed by atoms with van der Waals surface area (Å²) in [6.45, 7) is 4.20. The van der Waals surface area contributed by atoms with Crippen LogP contribution in [-0.2, 0) is 28.6 Å². The van der Waals surface area contributed by atoms with Gasteiger partial charge in [-0.2, -0.15) is 16.8 Å². The number of unbranched alkanes of at least 4 members (excludes halogenated alkanes) is 7. The Balaban J connectivity index is 1.47. The molecule has 6 nitrogen and oxygen atoms in total. The second-order valence-corrected chi connectivity index (χ2v) is 11.2. The molecule has 0 atom stereocenters. The molecule has 0 amide bonds. The number of hydrogen-bond acceptors (Lipinski definition) is 6. The van der Waals surface area contributed by atoms with Crippen molar-refractivity contribution in [3.05, 3.63) is 59.7 Å². The van der Waals surface area contributed by atoms with Crippen LogP contribution in [0.25, 0.3) is 0 Å². The van der Waals surface area contributed by atoms with Gasteiger partial charge in [-0.1, -0.05) is 73.9 Å². The van der Waals surface area contributed by atoms with Crippen LogP contribution in [0.5, 0.6) is 0 Å². The molecule has 0 aliphatic rings. The molecule has 0 aliphatic carbocycles. The second-order valence-electron chi connectivity index (χ2n) is 8.01. The van der Waals surface area contributed by atoms with E-state index >= 15 is 0 Å². The third kappa shape index (κ3) is 9.40. The lowest BCUT2D eigenvalue weighted by atomic mass is 10.1. The summed E-state index contributed by atoms with van der Waals surface area (Å²) in [5, 5.41) is 0. The van der Waals surface area contributed by atoms with Crippen LogP contribution in [0.4, 0.5) is 0 Å². The minimum absolute atomic E-state index is 0.193. The van der Waals surface area contributed by atoms with Gasteiger partial charge in [0.1, 0.15) is 0 Å². The highest BCUT2D eigenvalue weighted by molar-refractivity contribution is 7.87. The molecule has 0 aromatic heterocycles. The maximum atomic E-state index is 12.1. The molecule has 0 spiro atoms. The van der Waals surface area contributed by atoms with Gasteiger partial charge in [0, 0.05) is 0 Å². The molecule has 0 unspecified atom stereocenters. The molecule has 0 bridgehead atoms. The van der Waals surface area contributed by atoms with Gasteiger partial charge < -0.3 is 0 Å². The summed E-state index contributed by atoms with van der Waals surface area (Å²) in [6.07, 6.45) is 7.41. The smallest absolute Gasteiger partial charge is 0.266 e. The summed E-state index contributed by atoms with van der Waals surface area (Å²) in [4.78, 5) is 0.387. The fourth-order valence-electron chi connectivity index (χ4n) is 3.15. The zero-order valence-corrected chi connectivity index (χ0v) is 20.6. The third-order valence-electron chi connectivity index (χ3n) is 5.13. The Bertz CT molecular complexity index is 926. The first-order valence-electron chi connectivity index (χ1n) is 11.1. The second kappa shape index (κ2) is 13.1. The molecule has 2 rings (SSSR count). The van der Waals surface area contributed by atoms with Crippen molar-refractivity contribution >= 4 is 20.2 Å².